The number of halogens is 1. The first-order valence-corrected chi connectivity index (χ1v) is 16.0. The van der Waals surface area contributed by atoms with Gasteiger partial charge in [0.15, 0.2) is 0 Å². The summed E-state index contributed by atoms with van der Waals surface area (Å²) >= 11 is 3.40. The summed E-state index contributed by atoms with van der Waals surface area (Å²) < 4.78 is 13.1. The molecule has 1 saturated heterocycles. The minimum absolute atomic E-state index is 0.00635. The lowest BCUT2D eigenvalue weighted by atomic mass is 9.79. The molecule has 12 heteroatoms. The molecule has 0 aliphatic carbocycles. The monoisotopic (exact) mass is 682 g/mol. The number of anilines is 2. The third-order valence-corrected chi connectivity index (χ3v) is 9.47. The van der Waals surface area contributed by atoms with Crippen molar-refractivity contribution < 1.29 is 18.9 Å². The highest BCUT2D eigenvalue weighted by molar-refractivity contribution is 9.10. The van der Waals surface area contributed by atoms with E-state index in [0.717, 1.165) is 67.3 Å². The minimum Gasteiger partial charge on any atom is -0.399 e. The van der Waals surface area contributed by atoms with Crippen molar-refractivity contribution in [2.75, 3.05) is 24.6 Å². The highest BCUT2D eigenvalue weighted by atomic mass is 79.9. The second kappa shape index (κ2) is 12.2. The van der Waals surface area contributed by atoms with E-state index in [1.54, 1.807) is 12.4 Å². The molecule has 5 heterocycles. The molecule has 4 aromatic rings. The van der Waals surface area contributed by atoms with E-state index in [1.165, 1.54) is 0 Å². The highest BCUT2D eigenvalue weighted by Gasteiger charge is 2.52. The smallest absolute Gasteiger partial charge is 0.399 e. The third-order valence-electron chi connectivity index (χ3n) is 9.03. The summed E-state index contributed by atoms with van der Waals surface area (Å²) in [4.78, 5) is 32.2. The molecule has 3 aliphatic heterocycles. The number of nitrogen functional groups attached to an aromatic ring is 2. The van der Waals surface area contributed by atoms with Crippen LogP contribution in [-0.2, 0) is 22.2 Å². The van der Waals surface area contributed by atoms with Gasteiger partial charge in [-0.3, -0.25) is 9.59 Å². The summed E-state index contributed by atoms with van der Waals surface area (Å²) in [7, 11) is -0.495. The Balaban J connectivity index is 0.000000172. The number of carbonyl (C=O) groups excluding carboxylic acids is 2. The van der Waals surface area contributed by atoms with Gasteiger partial charge in [-0.25, -0.2) is 9.97 Å². The molecule has 2 amide bonds. The molecule has 10 nitrogen and oxygen atoms in total. The molecule has 6 N–H and O–H groups in total. The van der Waals surface area contributed by atoms with Crippen molar-refractivity contribution in [1.29, 1.82) is 0 Å². The Hall–Kier alpha value is -4.26. The largest absolute Gasteiger partial charge is 0.496 e. The molecular weight excluding hydrogens is 647 g/mol. The van der Waals surface area contributed by atoms with Crippen LogP contribution in [0.3, 0.4) is 0 Å². The fourth-order valence-electron chi connectivity index (χ4n) is 5.70. The van der Waals surface area contributed by atoms with Gasteiger partial charge in [-0.05, 0) is 103 Å². The second-order valence-corrected chi connectivity index (χ2v) is 13.5. The Labute approximate surface area is 276 Å². The molecule has 7 rings (SSSR count). The Bertz CT molecular complexity index is 1850. The van der Waals surface area contributed by atoms with Crippen LogP contribution in [0.1, 0.15) is 59.5 Å². The number of amides is 2. The number of aromatic nitrogens is 2. The molecule has 0 saturated carbocycles. The lowest BCUT2D eigenvalue weighted by molar-refractivity contribution is 0.00578. The molecule has 0 bridgehead atoms. The standard InChI is InChI=1S/C20H24BN3O3.C14H12BrN3O/c1-19(2)20(3,4)27-21(26-19)14-10-16(17(22)24-11-14)12-5-6-15-13(9-12)7-8-23-18(15)25;15-10-6-12(13(16)18-7-10)8-1-2-11-9(5-8)3-4-17-14(11)19/h5-6,9-11H,7-8H2,1-4H3,(H2,22,24)(H,23,25);1-2,5-7H,3-4H2,(H2,16,18)(H,17,19). The summed E-state index contributed by atoms with van der Waals surface area (Å²) in [6.45, 7) is 9.42. The van der Waals surface area contributed by atoms with Gasteiger partial charge in [-0.1, -0.05) is 24.3 Å². The number of nitrogens with zero attached hydrogens (tertiary/aromatic N) is 2. The molecule has 0 unspecified atom stereocenters. The van der Waals surface area contributed by atoms with E-state index in [1.807, 2.05) is 76.2 Å². The molecular formula is C34H36BBrN6O4. The summed E-state index contributed by atoms with van der Waals surface area (Å²) in [5, 5.41) is 5.70. The molecule has 2 aromatic heterocycles. The maximum atomic E-state index is 12.0. The molecule has 0 atom stereocenters. The average Bonchev–Trinajstić information content (AvgIpc) is 3.25. The normalized spacial score (nSPS) is 17.6. The zero-order valence-corrected chi connectivity index (χ0v) is 27.8. The van der Waals surface area contributed by atoms with E-state index < -0.39 is 18.3 Å². The van der Waals surface area contributed by atoms with Gasteiger partial charge in [0.05, 0.1) is 11.2 Å². The Morgan fingerprint density at radius 3 is 1.72 bits per heavy atom. The Kier molecular flexibility index (Phi) is 8.39. The highest BCUT2D eigenvalue weighted by Crippen LogP contribution is 2.37. The first kappa shape index (κ1) is 31.7. The zero-order chi connectivity index (χ0) is 32.8. The summed E-state index contributed by atoms with van der Waals surface area (Å²) in [5.41, 5.74) is 19.2. The molecule has 3 aliphatic rings. The van der Waals surface area contributed by atoms with Gasteiger partial charge >= 0.3 is 7.12 Å². The fourth-order valence-corrected chi connectivity index (χ4v) is 6.03. The predicted molar refractivity (Wildman–Crippen MR) is 184 cm³/mol. The van der Waals surface area contributed by atoms with Crippen molar-refractivity contribution in [2.24, 2.45) is 0 Å². The second-order valence-electron chi connectivity index (χ2n) is 12.6. The average molecular weight is 683 g/mol. The maximum absolute atomic E-state index is 12.0. The van der Waals surface area contributed by atoms with E-state index in [4.69, 9.17) is 20.8 Å². The molecule has 0 radical (unpaired) electrons. The van der Waals surface area contributed by atoms with Crippen LogP contribution < -0.4 is 27.6 Å². The minimum atomic E-state index is -0.495. The van der Waals surface area contributed by atoms with Gasteiger partial charge in [0.2, 0.25) is 0 Å². The van der Waals surface area contributed by atoms with Gasteiger partial charge in [0, 0.05) is 57.7 Å². The van der Waals surface area contributed by atoms with Crippen LogP contribution >= 0.6 is 15.9 Å². The van der Waals surface area contributed by atoms with Crippen LogP contribution in [0.4, 0.5) is 11.6 Å². The number of fused-ring (bicyclic) bond motifs is 2. The van der Waals surface area contributed by atoms with Crippen LogP contribution in [0.25, 0.3) is 22.3 Å². The summed E-state index contributed by atoms with van der Waals surface area (Å²) in [5.74, 6) is 0.895. The third kappa shape index (κ3) is 6.12. The topological polar surface area (TPSA) is 154 Å². The molecule has 0 spiro atoms. The van der Waals surface area contributed by atoms with Crippen molar-refractivity contribution in [3.63, 3.8) is 0 Å². The van der Waals surface area contributed by atoms with Crippen molar-refractivity contribution in [3.05, 3.63) is 87.7 Å². The summed E-state index contributed by atoms with van der Waals surface area (Å²) in [6.07, 6.45) is 5.02. The number of nitrogens with one attached hydrogen (secondary N) is 2. The maximum Gasteiger partial charge on any atom is 0.496 e. The van der Waals surface area contributed by atoms with Crippen LogP contribution in [0.5, 0.6) is 0 Å². The first-order valence-electron chi connectivity index (χ1n) is 15.2. The van der Waals surface area contributed by atoms with E-state index in [0.29, 0.717) is 24.7 Å². The van der Waals surface area contributed by atoms with Crippen LogP contribution in [0, 0.1) is 0 Å². The van der Waals surface area contributed by atoms with Gasteiger partial charge in [0.1, 0.15) is 11.6 Å². The van der Waals surface area contributed by atoms with Crippen molar-refractivity contribution >= 4 is 52.0 Å². The van der Waals surface area contributed by atoms with Crippen molar-refractivity contribution in [2.45, 2.75) is 51.7 Å². The zero-order valence-electron chi connectivity index (χ0n) is 26.2. The number of hydrogen-bond donors (Lipinski definition) is 4. The number of benzene rings is 2. The molecule has 2 aromatic carbocycles. The van der Waals surface area contributed by atoms with Crippen LogP contribution in [-0.4, -0.2) is 53.2 Å². The van der Waals surface area contributed by atoms with E-state index in [-0.39, 0.29) is 11.8 Å². The summed E-state index contributed by atoms with van der Waals surface area (Å²) in [6, 6.07) is 15.5. The quantitative estimate of drug-likeness (QED) is 0.233. The van der Waals surface area contributed by atoms with Crippen LogP contribution in [0.2, 0.25) is 0 Å². The van der Waals surface area contributed by atoms with Crippen LogP contribution in [0.15, 0.2) is 65.4 Å². The van der Waals surface area contributed by atoms with Gasteiger partial charge in [0.25, 0.3) is 11.8 Å². The number of pyridine rings is 2. The SMILES string of the molecule is CC1(C)OB(c2cnc(N)c(-c3ccc4c(c3)CCNC4=O)c2)OC1(C)C.Nc1ncc(Br)cc1-c1ccc2c(c1)CCNC2=O. The van der Waals surface area contributed by atoms with Gasteiger partial charge < -0.3 is 31.4 Å². The number of carbonyl (C=O) groups is 2. The van der Waals surface area contributed by atoms with E-state index in [9.17, 15) is 9.59 Å². The number of hydrogen-bond acceptors (Lipinski definition) is 8. The van der Waals surface area contributed by atoms with E-state index in [2.05, 4.69) is 36.5 Å². The fraction of sp³-hybridized carbons (Fsp3) is 0.294. The number of nitrogens with two attached hydrogens (primary N) is 2. The predicted octanol–water partition coefficient (Wildman–Crippen LogP) is 4.30. The lowest BCUT2D eigenvalue weighted by Crippen LogP contribution is -2.41. The Morgan fingerprint density at radius 2 is 1.20 bits per heavy atom. The first-order chi connectivity index (χ1) is 21.8. The van der Waals surface area contributed by atoms with Crippen molar-refractivity contribution in [3.8, 4) is 22.3 Å². The van der Waals surface area contributed by atoms with Gasteiger partial charge in [-0.15, -0.1) is 0 Å². The Morgan fingerprint density at radius 1 is 0.717 bits per heavy atom. The van der Waals surface area contributed by atoms with Crippen molar-refractivity contribution in [1.82, 2.24) is 20.6 Å². The number of rotatable bonds is 3. The molecule has 1 fully saturated rings. The van der Waals surface area contributed by atoms with Gasteiger partial charge in [-0.2, -0.15) is 0 Å². The van der Waals surface area contributed by atoms with E-state index >= 15 is 0 Å². The molecule has 46 heavy (non-hydrogen) atoms. The lowest BCUT2D eigenvalue weighted by Gasteiger charge is -2.32. The molecule has 236 valence electrons.